The van der Waals surface area contributed by atoms with Gasteiger partial charge in [-0.15, -0.1) is 0 Å². The van der Waals surface area contributed by atoms with Crippen molar-refractivity contribution in [2.75, 3.05) is 13.2 Å². The van der Waals surface area contributed by atoms with Crippen molar-refractivity contribution in [3.63, 3.8) is 0 Å². The van der Waals surface area contributed by atoms with Crippen LogP contribution in [0.4, 0.5) is 0 Å². The van der Waals surface area contributed by atoms with Crippen molar-refractivity contribution >= 4 is 5.97 Å². The van der Waals surface area contributed by atoms with E-state index in [4.69, 9.17) is 14.6 Å². The van der Waals surface area contributed by atoms with Crippen LogP contribution in [0.5, 0.6) is 5.88 Å². The molecule has 0 spiro atoms. The lowest BCUT2D eigenvalue weighted by atomic mass is 10.1. The molecule has 106 valence electrons. The van der Waals surface area contributed by atoms with Crippen LogP contribution in [0, 0.1) is 0 Å². The Labute approximate surface area is 113 Å². The highest BCUT2D eigenvalue weighted by Gasteiger charge is 2.13. The number of carboxylic acids is 1. The summed E-state index contributed by atoms with van der Waals surface area (Å²) in [5, 5.41) is 9.08. The predicted molar refractivity (Wildman–Crippen MR) is 71.9 cm³/mol. The molecule has 1 unspecified atom stereocenters. The third-order valence-corrected chi connectivity index (χ3v) is 2.54. The Morgan fingerprint density at radius 2 is 2.05 bits per heavy atom. The Hall–Kier alpha value is -1.62. The van der Waals surface area contributed by atoms with Crippen LogP contribution in [-0.4, -0.2) is 35.4 Å². The maximum absolute atomic E-state index is 11.1. The quantitative estimate of drug-likeness (QED) is 0.822. The summed E-state index contributed by atoms with van der Waals surface area (Å²) in [5.41, 5.74) is 0.899. The van der Waals surface area contributed by atoms with Crippen LogP contribution in [0.25, 0.3) is 0 Å². The van der Waals surface area contributed by atoms with E-state index in [0.29, 0.717) is 24.8 Å². The van der Waals surface area contributed by atoms with Gasteiger partial charge in [-0.25, -0.2) is 9.78 Å². The molecule has 0 amide bonds. The average molecular weight is 267 g/mol. The van der Waals surface area contributed by atoms with Crippen molar-refractivity contribution < 1.29 is 19.4 Å². The molecule has 1 atom stereocenters. The molecule has 1 aromatic rings. The highest BCUT2D eigenvalue weighted by molar-refractivity contribution is 5.88. The van der Waals surface area contributed by atoms with Gasteiger partial charge in [-0.2, -0.15) is 0 Å². The normalized spacial score (nSPS) is 12.5. The number of carbonyl (C=O) groups is 1. The van der Waals surface area contributed by atoms with Gasteiger partial charge in [0.2, 0.25) is 5.88 Å². The zero-order valence-corrected chi connectivity index (χ0v) is 11.8. The summed E-state index contributed by atoms with van der Waals surface area (Å²) < 4.78 is 10.9. The highest BCUT2D eigenvalue weighted by Crippen LogP contribution is 2.20. The van der Waals surface area contributed by atoms with E-state index in [2.05, 4.69) is 4.98 Å². The standard InChI is InChI=1S/C14H21NO4/c1-5-18-8-10(4)19-13-7-11(14(16)17)6-12(15-13)9(2)3/h6-7,9-10H,5,8H2,1-4H3,(H,16,17). The Balaban J connectivity index is 2.90. The molecule has 0 aliphatic rings. The van der Waals surface area contributed by atoms with Gasteiger partial charge in [0.1, 0.15) is 6.10 Å². The number of hydrogen-bond donors (Lipinski definition) is 1. The molecule has 0 bridgehead atoms. The molecule has 1 rings (SSSR count). The highest BCUT2D eigenvalue weighted by atomic mass is 16.5. The number of pyridine rings is 1. The molecule has 19 heavy (non-hydrogen) atoms. The number of ether oxygens (including phenoxy) is 2. The summed E-state index contributed by atoms with van der Waals surface area (Å²) >= 11 is 0. The molecule has 0 aliphatic heterocycles. The van der Waals surface area contributed by atoms with Crippen molar-refractivity contribution in [1.82, 2.24) is 4.98 Å². The lowest BCUT2D eigenvalue weighted by molar-refractivity contribution is 0.0625. The molecular weight excluding hydrogens is 246 g/mol. The summed E-state index contributed by atoms with van der Waals surface area (Å²) in [7, 11) is 0. The van der Waals surface area contributed by atoms with Gasteiger partial charge in [0, 0.05) is 18.4 Å². The number of rotatable bonds is 7. The van der Waals surface area contributed by atoms with Crippen molar-refractivity contribution in [3.05, 3.63) is 23.4 Å². The fourth-order valence-electron chi connectivity index (χ4n) is 1.53. The molecule has 0 saturated heterocycles. The van der Waals surface area contributed by atoms with Crippen LogP contribution < -0.4 is 4.74 Å². The van der Waals surface area contributed by atoms with Gasteiger partial charge >= 0.3 is 5.97 Å². The van der Waals surface area contributed by atoms with Gasteiger partial charge in [-0.1, -0.05) is 13.8 Å². The zero-order chi connectivity index (χ0) is 14.4. The lowest BCUT2D eigenvalue weighted by Crippen LogP contribution is -2.20. The molecule has 5 heteroatoms. The molecule has 0 fully saturated rings. The monoisotopic (exact) mass is 267 g/mol. The Morgan fingerprint density at radius 1 is 1.37 bits per heavy atom. The third kappa shape index (κ3) is 4.87. The molecule has 1 aromatic heterocycles. The van der Waals surface area contributed by atoms with Gasteiger partial charge in [0.15, 0.2) is 0 Å². The average Bonchev–Trinajstić information content (AvgIpc) is 2.35. The number of carboxylic acid groups (broad SMARTS) is 1. The summed E-state index contributed by atoms with van der Waals surface area (Å²) in [5.74, 6) is -0.508. The third-order valence-electron chi connectivity index (χ3n) is 2.54. The van der Waals surface area contributed by atoms with Gasteiger partial charge in [0.25, 0.3) is 0 Å². The molecule has 1 N–H and O–H groups in total. The number of aromatic carboxylic acids is 1. The van der Waals surface area contributed by atoms with Crippen LogP contribution in [0.1, 0.15) is 49.7 Å². The first-order valence-electron chi connectivity index (χ1n) is 6.43. The van der Waals surface area contributed by atoms with Crippen LogP contribution in [-0.2, 0) is 4.74 Å². The van der Waals surface area contributed by atoms with Crippen LogP contribution in [0.2, 0.25) is 0 Å². The topological polar surface area (TPSA) is 68.7 Å². The fourth-order valence-corrected chi connectivity index (χ4v) is 1.53. The van der Waals surface area contributed by atoms with Gasteiger partial charge < -0.3 is 14.6 Å². The Morgan fingerprint density at radius 3 is 2.58 bits per heavy atom. The fraction of sp³-hybridized carbons (Fsp3) is 0.571. The molecule has 0 aliphatic carbocycles. The van der Waals surface area contributed by atoms with Gasteiger partial charge in [0.05, 0.1) is 12.2 Å². The van der Waals surface area contributed by atoms with E-state index in [1.165, 1.54) is 6.07 Å². The second-order valence-electron chi connectivity index (χ2n) is 4.67. The van der Waals surface area contributed by atoms with Crippen LogP contribution >= 0.6 is 0 Å². The van der Waals surface area contributed by atoms with Crippen LogP contribution in [0.3, 0.4) is 0 Å². The first-order chi connectivity index (χ1) is 8.93. The molecule has 0 radical (unpaired) electrons. The van der Waals surface area contributed by atoms with E-state index in [0.717, 1.165) is 0 Å². The van der Waals surface area contributed by atoms with Crippen molar-refractivity contribution in [3.8, 4) is 5.88 Å². The van der Waals surface area contributed by atoms with E-state index in [1.54, 1.807) is 6.07 Å². The Kier molecular flexibility index (Phi) is 5.76. The molecular formula is C14H21NO4. The maximum Gasteiger partial charge on any atom is 0.335 e. The summed E-state index contributed by atoms with van der Waals surface area (Å²) in [6, 6.07) is 3.02. The van der Waals surface area contributed by atoms with Crippen molar-refractivity contribution in [2.24, 2.45) is 0 Å². The van der Waals surface area contributed by atoms with E-state index in [1.807, 2.05) is 27.7 Å². The van der Waals surface area contributed by atoms with Crippen molar-refractivity contribution in [2.45, 2.75) is 39.7 Å². The molecule has 0 saturated carbocycles. The smallest absolute Gasteiger partial charge is 0.335 e. The summed E-state index contributed by atoms with van der Waals surface area (Å²) in [6.07, 6.45) is -0.170. The lowest BCUT2D eigenvalue weighted by Gasteiger charge is -2.15. The van der Waals surface area contributed by atoms with Crippen LogP contribution in [0.15, 0.2) is 12.1 Å². The minimum absolute atomic E-state index is 0.142. The number of hydrogen-bond acceptors (Lipinski definition) is 4. The molecule has 1 heterocycles. The van der Waals surface area contributed by atoms with Gasteiger partial charge in [-0.05, 0) is 25.8 Å². The van der Waals surface area contributed by atoms with E-state index in [-0.39, 0.29) is 17.6 Å². The second kappa shape index (κ2) is 7.09. The maximum atomic E-state index is 11.1. The predicted octanol–water partition coefficient (Wildman–Crippen LogP) is 2.71. The zero-order valence-electron chi connectivity index (χ0n) is 11.8. The second-order valence-corrected chi connectivity index (χ2v) is 4.67. The number of aromatic nitrogens is 1. The minimum Gasteiger partial charge on any atom is -0.478 e. The molecule has 5 nitrogen and oxygen atoms in total. The number of nitrogens with zero attached hydrogens (tertiary/aromatic N) is 1. The first-order valence-corrected chi connectivity index (χ1v) is 6.43. The van der Waals surface area contributed by atoms with E-state index in [9.17, 15) is 4.79 Å². The van der Waals surface area contributed by atoms with E-state index >= 15 is 0 Å². The van der Waals surface area contributed by atoms with E-state index < -0.39 is 5.97 Å². The Bertz CT molecular complexity index is 431. The SMILES string of the molecule is CCOCC(C)Oc1cc(C(=O)O)cc(C(C)C)n1. The minimum atomic E-state index is -0.980. The summed E-state index contributed by atoms with van der Waals surface area (Å²) in [6.45, 7) is 8.76. The van der Waals surface area contributed by atoms with Crippen molar-refractivity contribution in [1.29, 1.82) is 0 Å². The largest absolute Gasteiger partial charge is 0.478 e. The molecule has 0 aromatic carbocycles. The van der Waals surface area contributed by atoms with Gasteiger partial charge in [-0.3, -0.25) is 0 Å². The summed E-state index contributed by atoms with van der Waals surface area (Å²) in [4.78, 5) is 15.4. The first kappa shape index (κ1) is 15.4.